The molecule has 10 heteroatoms. The van der Waals surface area contributed by atoms with Crippen molar-refractivity contribution < 1.29 is 17.6 Å². The van der Waals surface area contributed by atoms with E-state index in [0.29, 0.717) is 28.5 Å². The van der Waals surface area contributed by atoms with Gasteiger partial charge in [0.2, 0.25) is 21.8 Å². The number of nitriles is 1. The Bertz CT molecular complexity index is 1560. The lowest BCUT2D eigenvalue weighted by Gasteiger charge is -2.34. The summed E-state index contributed by atoms with van der Waals surface area (Å²) in [6, 6.07) is 22.5. The summed E-state index contributed by atoms with van der Waals surface area (Å²) in [6.45, 7) is 2.94. The molecule has 1 fully saturated rings. The van der Waals surface area contributed by atoms with Crippen LogP contribution in [0.1, 0.15) is 21.5 Å². The highest BCUT2D eigenvalue weighted by atomic mass is 32.2. The molecule has 0 bridgehead atoms. The Hall–Kier alpha value is -4.33. The summed E-state index contributed by atoms with van der Waals surface area (Å²) in [4.78, 5) is 14.8. The Balaban J connectivity index is 1.22. The summed E-state index contributed by atoms with van der Waals surface area (Å²) < 4.78 is 33.0. The van der Waals surface area contributed by atoms with Gasteiger partial charge < -0.3 is 9.32 Å². The van der Waals surface area contributed by atoms with Crippen LogP contribution in [0, 0.1) is 18.3 Å². The van der Waals surface area contributed by atoms with Crippen LogP contribution < -0.4 is 0 Å². The van der Waals surface area contributed by atoms with E-state index in [0.717, 1.165) is 11.1 Å². The third-order valence-corrected chi connectivity index (χ3v) is 8.16. The molecule has 186 valence electrons. The fourth-order valence-electron chi connectivity index (χ4n) is 4.07. The quantitative estimate of drug-likeness (QED) is 0.399. The standard InChI is InChI=1S/C27H23N5O4S/c1-19-2-6-21(7-3-19)25-29-30-26(36-25)22-8-10-23(11-9-22)27(33)31-14-16-32(17-15-31)37(34,35)24-12-4-20(18-28)5-13-24/h2-13H,14-17H2,1H3. The average molecular weight is 514 g/mol. The van der Waals surface area contributed by atoms with Crippen molar-refractivity contribution in [2.24, 2.45) is 0 Å². The molecule has 0 saturated carbocycles. The van der Waals surface area contributed by atoms with Gasteiger partial charge in [-0.15, -0.1) is 10.2 Å². The summed E-state index contributed by atoms with van der Waals surface area (Å²) in [5.41, 5.74) is 3.55. The van der Waals surface area contributed by atoms with Crippen LogP contribution in [0.4, 0.5) is 0 Å². The zero-order valence-electron chi connectivity index (χ0n) is 20.0. The van der Waals surface area contributed by atoms with Crippen LogP contribution in [0.25, 0.3) is 22.9 Å². The van der Waals surface area contributed by atoms with Gasteiger partial charge in [-0.05, 0) is 67.6 Å². The highest BCUT2D eigenvalue weighted by molar-refractivity contribution is 7.89. The Morgan fingerprint density at radius 1 is 0.838 bits per heavy atom. The second-order valence-corrected chi connectivity index (χ2v) is 10.6. The van der Waals surface area contributed by atoms with E-state index >= 15 is 0 Å². The van der Waals surface area contributed by atoms with Crippen LogP contribution in [-0.2, 0) is 10.0 Å². The van der Waals surface area contributed by atoms with Gasteiger partial charge in [-0.1, -0.05) is 17.7 Å². The van der Waals surface area contributed by atoms with E-state index in [9.17, 15) is 13.2 Å². The molecule has 0 radical (unpaired) electrons. The fraction of sp³-hybridized carbons (Fsp3) is 0.185. The van der Waals surface area contributed by atoms with Gasteiger partial charge in [0.1, 0.15) is 0 Å². The number of hydrogen-bond donors (Lipinski definition) is 0. The van der Waals surface area contributed by atoms with Gasteiger partial charge in [0.25, 0.3) is 5.91 Å². The van der Waals surface area contributed by atoms with Gasteiger partial charge in [-0.25, -0.2) is 8.42 Å². The van der Waals surface area contributed by atoms with E-state index in [2.05, 4.69) is 10.2 Å². The van der Waals surface area contributed by atoms with Crippen molar-refractivity contribution in [3.05, 3.63) is 89.5 Å². The first kappa shape index (κ1) is 24.4. The van der Waals surface area contributed by atoms with Crippen molar-refractivity contribution in [2.45, 2.75) is 11.8 Å². The lowest BCUT2D eigenvalue weighted by molar-refractivity contribution is 0.0698. The number of aromatic nitrogens is 2. The van der Waals surface area contributed by atoms with Crippen molar-refractivity contribution >= 4 is 15.9 Å². The number of amides is 1. The third kappa shape index (κ3) is 5.00. The van der Waals surface area contributed by atoms with Crippen molar-refractivity contribution in [2.75, 3.05) is 26.2 Å². The Morgan fingerprint density at radius 3 is 1.92 bits per heavy atom. The van der Waals surface area contributed by atoms with E-state index in [4.69, 9.17) is 9.68 Å². The molecule has 2 heterocycles. The molecule has 5 rings (SSSR count). The summed E-state index contributed by atoms with van der Waals surface area (Å²) in [7, 11) is -3.69. The third-order valence-electron chi connectivity index (χ3n) is 6.25. The molecule has 1 amide bonds. The average Bonchev–Trinajstić information content (AvgIpc) is 3.44. The highest BCUT2D eigenvalue weighted by Crippen LogP contribution is 2.25. The number of nitrogens with zero attached hydrogens (tertiary/aromatic N) is 5. The normalized spacial score (nSPS) is 14.3. The molecule has 0 atom stereocenters. The zero-order chi connectivity index (χ0) is 26.0. The number of rotatable bonds is 5. The van der Waals surface area contributed by atoms with E-state index in [1.165, 1.54) is 28.6 Å². The van der Waals surface area contributed by atoms with Crippen LogP contribution in [-0.4, -0.2) is 59.9 Å². The van der Waals surface area contributed by atoms with Crippen LogP contribution in [0.3, 0.4) is 0 Å². The minimum absolute atomic E-state index is 0.133. The second-order valence-electron chi connectivity index (χ2n) is 8.69. The second kappa shape index (κ2) is 9.97. The maximum Gasteiger partial charge on any atom is 0.253 e. The molecule has 1 saturated heterocycles. The monoisotopic (exact) mass is 513 g/mol. The Kier molecular flexibility index (Phi) is 6.56. The number of benzene rings is 3. The van der Waals surface area contributed by atoms with Crippen LogP contribution in [0.15, 0.2) is 82.1 Å². The van der Waals surface area contributed by atoms with Crippen molar-refractivity contribution in [3.63, 3.8) is 0 Å². The van der Waals surface area contributed by atoms with Gasteiger partial charge in [0.05, 0.1) is 16.5 Å². The van der Waals surface area contributed by atoms with Gasteiger partial charge in [0, 0.05) is 42.9 Å². The minimum atomic E-state index is -3.69. The molecular weight excluding hydrogens is 490 g/mol. The van der Waals surface area contributed by atoms with Crippen LogP contribution in [0.5, 0.6) is 0 Å². The van der Waals surface area contributed by atoms with E-state index in [1.54, 1.807) is 29.2 Å². The zero-order valence-corrected chi connectivity index (χ0v) is 20.9. The Labute approximate surface area is 214 Å². The van der Waals surface area contributed by atoms with E-state index in [-0.39, 0.29) is 37.0 Å². The van der Waals surface area contributed by atoms with Crippen LogP contribution >= 0.6 is 0 Å². The van der Waals surface area contributed by atoms with Gasteiger partial charge in [0.15, 0.2) is 0 Å². The molecule has 4 aromatic rings. The summed E-state index contributed by atoms with van der Waals surface area (Å²) in [6.07, 6.45) is 0. The fourth-order valence-corrected chi connectivity index (χ4v) is 5.49. The number of aryl methyl sites for hydroxylation is 1. The summed E-state index contributed by atoms with van der Waals surface area (Å²) in [5.74, 6) is 0.605. The van der Waals surface area contributed by atoms with Gasteiger partial charge in [-0.3, -0.25) is 4.79 Å². The smallest absolute Gasteiger partial charge is 0.253 e. The van der Waals surface area contributed by atoms with E-state index < -0.39 is 10.0 Å². The molecule has 0 N–H and O–H groups in total. The lowest BCUT2D eigenvalue weighted by Crippen LogP contribution is -2.50. The number of sulfonamides is 1. The molecule has 9 nitrogen and oxygen atoms in total. The predicted octanol–water partition coefficient (Wildman–Crippen LogP) is 3.73. The minimum Gasteiger partial charge on any atom is -0.416 e. The Morgan fingerprint density at radius 2 is 1.38 bits per heavy atom. The topological polar surface area (TPSA) is 120 Å². The SMILES string of the molecule is Cc1ccc(-c2nnc(-c3ccc(C(=O)N4CCN(S(=O)(=O)c5ccc(C#N)cc5)CC4)cc3)o2)cc1. The van der Waals surface area contributed by atoms with Gasteiger partial charge >= 0.3 is 0 Å². The molecule has 0 aliphatic carbocycles. The maximum absolute atomic E-state index is 13.0. The predicted molar refractivity (Wildman–Crippen MR) is 136 cm³/mol. The molecule has 1 aliphatic rings. The molecule has 0 unspecified atom stereocenters. The summed E-state index contributed by atoms with van der Waals surface area (Å²) in [5, 5.41) is 17.2. The number of carbonyl (C=O) groups is 1. The van der Waals surface area contributed by atoms with Crippen molar-refractivity contribution in [1.29, 1.82) is 5.26 Å². The first-order chi connectivity index (χ1) is 17.8. The lowest BCUT2D eigenvalue weighted by atomic mass is 10.1. The molecular formula is C27H23N5O4S. The van der Waals surface area contributed by atoms with Crippen LogP contribution in [0.2, 0.25) is 0 Å². The molecule has 3 aromatic carbocycles. The molecule has 1 aliphatic heterocycles. The maximum atomic E-state index is 13.0. The van der Waals surface area contributed by atoms with Crippen molar-refractivity contribution in [1.82, 2.24) is 19.4 Å². The number of piperazine rings is 1. The first-order valence-corrected chi connectivity index (χ1v) is 13.1. The molecule has 1 aromatic heterocycles. The first-order valence-electron chi connectivity index (χ1n) is 11.7. The summed E-state index contributed by atoms with van der Waals surface area (Å²) >= 11 is 0. The number of carbonyl (C=O) groups excluding carboxylic acids is 1. The molecule has 0 spiro atoms. The van der Waals surface area contributed by atoms with Gasteiger partial charge in [-0.2, -0.15) is 9.57 Å². The largest absolute Gasteiger partial charge is 0.416 e. The van der Waals surface area contributed by atoms with E-state index in [1.807, 2.05) is 37.3 Å². The number of hydrogen-bond acceptors (Lipinski definition) is 7. The van der Waals surface area contributed by atoms with Crippen molar-refractivity contribution in [3.8, 4) is 29.0 Å². The molecule has 37 heavy (non-hydrogen) atoms. The highest BCUT2D eigenvalue weighted by Gasteiger charge is 2.30.